The molecule has 0 bridgehead atoms. The quantitative estimate of drug-likeness (QED) is 0.605. The second kappa shape index (κ2) is 9.07. The van der Waals surface area contributed by atoms with Gasteiger partial charge in [-0.3, -0.25) is 4.79 Å². The van der Waals surface area contributed by atoms with Crippen molar-refractivity contribution in [3.63, 3.8) is 0 Å². The summed E-state index contributed by atoms with van der Waals surface area (Å²) in [5.41, 5.74) is 0.939. The second-order valence-electron chi connectivity index (χ2n) is 7.39. The van der Waals surface area contributed by atoms with E-state index in [2.05, 4.69) is 4.98 Å². The molecule has 0 saturated carbocycles. The average molecular weight is 412 g/mol. The zero-order valence-electron chi connectivity index (χ0n) is 16.4. The summed E-state index contributed by atoms with van der Waals surface area (Å²) in [5.74, 6) is 0.824. The number of aromatic nitrogens is 1. The van der Waals surface area contributed by atoms with Gasteiger partial charge in [-0.05, 0) is 42.7 Å². The van der Waals surface area contributed by atoms with Crippen molar-refractivity contribution in [1.29, 1.82) is 0 Å². The molecule has 2 aromatic carbocycles. The third kappa shape index (κ3) is 5.03. The highest BCUT2D eigenvalue weighted by Crippen LogP contribution is 2.27. The molecule has 1 fully saturated rings. The zero-order chi connectivity index (χ0) is 20.9. The van der Waals surface area contributed by atoms with Crippen molar-refractivity contribution in [3.05, 3.63) is 83.6 Å². The lowest BCUT2D eigenvalue weighted by molar-refractivity contribution is -0.134. The number of hydrogen-bond donors (Lipinski definition) is 0. The SMILES string of the molecule is O=C(COc1cccc(F)c1)N1CCC[C@H](c2ncc(Cc3ccc(F)cc3)o2)C1. The Labute approximate surface area is 173 Å². The summed E-state index contributed by atoms with van der Waals surface area (Å²) in [7, 11) is 0. The Hall–Kier alpha value is -3.22. The Morgan fingerprint density at radius 2 is 2.00 bits per heavy atom. The minimum absolute atomic E-state index is 0.0128. The average Bonchev–Trinajstić information content (AvgIpc) is 3.22. The third-order valence-electron chi connectivity index (χ3n) is 5.14. The summed E-state index contributed by atoms with van der Waals surface area (Å²) in [5, 5.41) is 0. The summed E-state index contributed by atoms with van der Waals surface area (Å²) in [6.45, 7) is 1.00. The normalized spacial score (nSPS) is 16.5. The second-order valence-corrected chi connectivity index (χ2v) is 7.39. The molecule has 1 amide bonds. The molecule has 1 aromatic heterocycles. The van der Waals surface area contributed by atoms with E-state index in [1.807, 2.05) is 0 Å². The van der Waals surface area contributed by atoms with Gasteiger partial charge in [-0.25, -0.2) is 13.8 Å². The first-order valence-electron chi connectivity index (χ1n) is 9.92. The van der Waals surface area contributed by atoms with Crippen LogP contribution in [-0.4, -0.2) is 35.5 Å². The largest absolute Gasteiger partial charge is 0.484 e. The Morgan fingerprint density at radius 1 is 1.17 bits per heavy atom. The molecule has 7 heteroatoms. The maximum absolute atomic E-state index is 13.2. The molecule has 1 aliphatic heterocycles. The van der Waals surface area contributed by atoms with Crippen LogP contribution < -0.4 is 4.74 Å². The van der Waals surface area contributed by atoms with E-state index in [9.17, 15) is 13.6 Å². The first-order valence-corrected chi connectivity index (χ1v) is 9.92. The Kier molecular flexibility index (Phi) is 6.07. The molecule has 5 nitrogen and oxygen atoms in total. The molecule has 1 aliphatic rings. The van der Waals surface area contributed by atoms with Crippen LogP contribution in [0.1, 0.15) is 36.0 Å². The van der Waals surface area contributed by atoms with Gasteiger partial charge in [-0.2, -0.15) is 0 Å². The number of benzene rings is 2. The molecule has 0 N–H and O–H groups in total. The fourth-order valence-electron chi connectivity index (χ4n) is 3.59. The molecule has 4 rings (SSSR count). The summed E-state index contributed by atoms with van der Waals surface area (Å²) >= 11 is 0. The highest BCUT2D eigenvalue weighted by Gasteiger charge is 2.28. The molecule has 30 heavy (non-hydrogen) atoms. The van der Waals surface area contributed by atoms with E-state index in [4.69, 9.17) is 9.15 Å². The molecule has 2 heterocycles. The van der Waals surface area contributed by atoms with Gasteiger partial charge >= 0.3 is 0 Å². The van der Waals surface area contributed by atoms with Gasteiger partial charge < -0.3 is 14.1 Å². The van der Waals surface area contributed by atoms with Crippen molar-refractivity contribution in [2.24, 2.45) is 0 Å². The summed E-state index contributed by atoms with van der Waals surface area (Å²) in [4.78, 5) is 18.7. The van der Waals surface area contributed by atoms with Crippen LogP contribution in [0.3, 0.4) is 0 Å². The molecule has 0 aliphatic carbocycles. The predicted octanol–water partition coefficient (Wildman–Crippen LogP) is 4.33. The van der Waals surface area contributed by atoms with Crippen molar-refractivity contribution < 1.29 is 22.7 Å². The molecular weight excluding hydrogens is 390 g/mol. The molecular formula is C23H22F2N2O3. The summed E-state index contributed by atoms with van der Waals surface area (Å²) < 4.78 is 37.6. The van der Waals surface area contributed by atoms with E-state index in [1.54, 1.807) is 29.3 Å². The van der Waals surface area contributed by atoms with E-state index < -0.39 is 5.82 Å². The van der Waals surface area contributed by atoms with Gasteiger partial charge in [0.2, 0.25) is 0 Å². The maximum Gasteiger partial charge on any atom is 0.260 e. The van der Waals surface area contributed by atoms with Gasteiger partial charge in [-0.15, -0.1) is 0 Å². The fraction of sp³-hybridized carbons (Fsp3) is 0.304. The van der Waals surface area contributed by atoms with Crippen LogP contribution in [0.2, 0.25) is 0 Å². The lowest BCUT2D eigenvalue weighted by atomic mass is 9.98. The number of rotatable bonds is 6. The van der Waals surface area contributed by atoms with E-state index in [-0.39, 0.29) is 24.2 Å². The van der Waals surface area contributed by atoms with Crippen LogP contribution in [0.4, 0.5) is 8.78 Å². The van der Waals surface area contributed by atoms with E-state index in [0.717, 1.165) is 18.4 Å². The Balaban J connectivity index is 1.33. The van der Waals surface area contributed by atoms with Crippen molar-refractivity contribution in [2.45, 2.75) is 25.2 Å². The Morgan fingerprint density at radius 3 is 2.80 bits per heavy atom. The number of carbonyl (C=O) groups is 1. The number of amides is 1. The minimum atomic E-state index is -0.404. The lowest BCUT2D eigenvalue weighted by Gasteiger charge is -2.31. The molecule has 1 saturated heterocycles. The first-order chi connectivity index (χ1) is 14.6. The summed E-state index contributed by atoms with van der Waals surface area (Å²) in [6, 6.07) is 12.0. The number of carbonyl (C=O) groups excluding carboxylic acids is 1. The topological polar surface area (TPSA) is 55.6 Å². The van der Waals surface area contributed by atoms with Crippen LogP contribution in [0, 0.1) is 11.6 Å². The minimum Gasteiger partial charge on any atom is -0.484 e. The molecule has 0 unspecified atom stereocenters. The molecule has 156 valence electrons. The van der Waals surface area contributed by atoms with Gasteiger partial charge in [-0.1, -0.05) is 18.2 Å². The Bertz CT molecular complexity index is 1000. The highest BCUT2D eigenvalue weighted by atomic mass is 19.1. The predicted molar refractivity (Wildman–Crippen MR) is 106 cm³/mol. The molecule has 0 spiro atoms. The fourth-order valence-corrected chi connectivity index (χ4v) is 3.59. The van der Waals surface area contributed by atoms with Crippen LogP contribution in [0.15, 0.2) is 59.1 Å². The summed E-state index contributed by atoms with van der Waals surface area (Å²) in [6.07, 6.45) is 3.94. The van der Waals surface area contributed by atoms with Gasteiger partial charge in [0.15, 0.2) is 12.5 Å². The van der Waals surface area contributed by atoms with Gasteiger partial charge in [0.25, 0.3) is 5.91 Å². The third-order valence-corrected chi connectivity index (χ3v) is 5.14. The van der Waals surface area contributed by atoms with Crippen molar-refractivity contribution in [2.75, 3.05) is 19.7 Å². The number of likely N-dealkylation sites (tertiary alicyclic amines) is 1. The zero-order valence-corrected chi connectivity index (χ0v) is 16.4. The van der Waals surface area contributed by atoms with E-state index >= 15 is 0 Å². The number of halogens is 2. The van der Waals surface area contributed by atoms with Gasteiger partial charge in [0.1, 0.15) is 23.1 Å². The number of nitrogens with zero attached hydrogens (tertiary/aromatic N) is 2. The lowest BCUT2D eigenvalue weighted by Crippen LogP contribution is -2.41. The standard InChI is InChI=1S/C23H22F2N2O3/c24-18-8-6-16(7-9-18)11-21-13-26-23(30-21)17-3-2-10-27(14-17)22(28)15-29-20-5-1-4-19(25)12-20/h1,4-9,12-13,17H,2-3,10-11,14-15H2/t17-/m0/s1. The number of oxazole rings is 1. The maximum atomic E-state index is 13.2. The highest BCUT2D eigenvalue weighted by molar-refractivity contribution is 5.78. The molecule has 1 atom stereocenters. The van der Waals surface area contributed by atoms with Gasteiger partial charge in [0, 0.05) is 25.6 Å². The van der Waals surface area contributed by atoms with Crippen molar-refractivity contribution in [1.82, 2.24) is 9.88 Å². The molecule has 0 radical (unpaired) electrons. The van der Waals surface area contributed by atoms with Crippen molar-refractivity contribution >= 4 is 5.91 Å². The number of piperidine rings is 1. The first kappa shape index (κ1) is 20.1. The monoisotopic (exact) mass is 412 g/mol. The molecule has 3 aromatic rings. The number of hydrogen-bond acceptors (Lipinski definition) is 4. The van der Waals surface area contributed by atoms with Crippen LogP contribution in [-0.2, 0) is 11.2 Å². The smallest absolute Gasteiger partial charge is 0.260 e. The van der Waals surface area contributed by atoms with Crippen LogP contribution >= 0.6 is 0 Å². The van der Waals surface area contributed by atoms with Crippen LogP contribution in [0.25, 0.3) is 0 Å². The number of ether oxygens (including phenoxy) is 1. The van der Waals surface area contributed by atoms with Crippen molar-refractivity contribution in [3.8, 4) is 5.75 Å². The van der Waals surface area contributed by atoms with Crippen LogP contribution in [0.5, 0.6) is 5.75 Å². The van der Waals surface area contributed by atoms with E-state index in [1.165, 1.54) is 30.3 Å². The van der Waals surface area contributed by atoms with Gasteiger partial charge in [0.05, 0.1) is 12.1 Å². The van der Waals surface area contributed by atoms with E-state index in [0.29, 0.717) is 36.9 Å².